The average Bonchev–Trinajstić information content (AvgIpc) is 2.81. The van der Waals surface area contributed by atoms with Gasteiger partial charge >= 0.3 is 0 Å². The van der Waals surface area contributed by atoms with Crippen molar-refractivity contribution in [3.05, 3.63) is 0 Å². The van der Waals surface area contributed by atoms with Crippen LogP contribution >= 0.6 is 0 Å². The molecule has 4 rings (SSSR count). The molecule has 20 heavy (non-hydrogen) atoms. The van der Waals surface area contributed by atoms with Gasteiger partial charge in [0.25, 0.3) is 0 Å². The van der Waals surface area contributed by atoms with E-state index in [2.05, 4.69) is 13.8 Å². The molecule has 4 saturated carbocycles. The van der Waals surface area contributed by atoms with Crippen LogP contribution in [-0.4, -0.2) is 5.78 Å². The molecule has 4 fully saturated rings. The van der Waals surface area contributed by atoms with Gasteiger partial charge in [0.05, 0.1) is 0 Å². The molecule has 0 aliphatic heterocycles. The molecule has 4 aliphatic rings. The van der Waals surface area contributed by atoms with Gasteiger partial charge < -0.3 is 0 Å². The Hall–Kier alpha value is -0.330. The highest BCUT2D eigenvalue weighted by Crippen LogP contribution is 2.65. The first-order valence-corrected chi connectivity index (χ1v) is 9.05. The first-order valence-electron chi connectivity index (χ1n) is 9.05. The fraction of sp³-hybridized carbons (Fsp3) is 0.947. The Morgan fingerprint density at radius 2 is 1.80 bits per heavy atom. The van der Waals surface area contributed by atoms with Gasteiger partial charge in [0.2, 0.25) is 0 Å². The largest absolute Gasteiger partial charge is 0.300 e. The Morgan fingerprint density at radius 3 is 2.65 bits per heavy atom. The van der Waals surface area contributed by atoms with Gasteiger partial charge in [-0.1, -0.05) is 20.3 Å². The van der Waals surface area contributed by atoms with Crippen LogP contribution in [0.4, 0.5) is 0 Å². The summed E-state index contributed by atoms with van der Waals surface area (Å²) in [6, 6.07) is 0. The van der Waals surface area contributed by atoms with Crippen LogP contribution in [0.15, 0.2) is 0 Å². The third-order valence-corrected chi connectivity index (χ3v) is 8.26. The van der Waals surface area contributed by atoms with Crippen LogP contribution < -0.4 is 0 Å². The van der Waals surface area contributed by atoms with Crippen LogP contribution in [0.1, 0.15) is 78.1 Å². The van der Waals surface area contributed by atoms with Gasteiger partial charge in [0, 0.05) is 12.8 Å². The molecule has 0 amide bonds. The van der Waals surface area contributed by atoms with Gasteiger partial charge in [0.1, 0.15) is 5.78 Å². The summed E-state index contributed by atoms with van der Waals surface area (Å²) >= 11 is 0. The van der Waals surface area contributed by atoms with Crippen molar-refractivity contribution in [3.63, 3.8) is 0 Å². The molecule has 112 valence electrons. The summed E-state index contributed by atoms with van der Waals surface area (Å²) in [7, 11) is 0. The summed E-state index contributed by atoms with van der Waals surface area (Å²) in [6.07, 6.45) is 13.1. The highest BCUT2D eigenvalue weighted by molar-refractivity contribution is 5.79. The maximum atomic E-state index is 11.9. The lowest BCUT2D eigenvalue weighted by Gasteiger charge is -2.59. The molecule has 0 radical (unpaired) electrons. The average molecular weight is 274 g/mol. The fourth-order valence-electron chi connectivity index (χ4n) is 7.04. The highest BCUT2D eigenvalue weighted by atomic mass is 16.1. The van der Waals surface area contributed by atoms with Crippen molar-refractivity contribution in [2.24, 2.45) is 34.5 Å². The maximum absolute atomic E-state index is 11.9. The zero-order chi connectivity index (χ0) is 14.0. The first kappa shape index (κ1) is 13.3. The number of carbonyl (C=O) groups excluding carboxylic acids is 1. The summed E-state index contributed by atoms with van der Waals surface area (Å²) in [5.41, 5.74) is 1.18. The number of hydrogen-bond acceptors (Lipinski definition) is 1. The van der Waals surface area contributed by atoms with Crippen LogP contribution in [0.3, 0.4) is 0 Å². The zero-order valence-electron chi connectivity index (χ0n) is 13.3. The Labute approximate surface area is 123 Å². The number of ketones is 1. The van der Waals surface area contributed by atoms with E-state index in [0.717, 1.165) is 36.5 Å². The Bertz CT molecular complexity index is 427. The summed E-state index contributed by atoms with van der Waals surface area (Å²) in [5.74, 6) is 4.20. The number of hydrogen-bond donors (Lipinski definition) is 0. The molecule has 0 N–H and O–H groups in total. The van der Waals surface area contributed by atoms with Crippen molar-refractivity contribution in [2.45, 2.75) is 78.1 Å². The van der Waals surface area contributed by atoms with Crippen molar-refractivity contribution in [1.29, 1.82) is 0 Å². The molecule has 1 nitrogen and oxygen atoms in total. The van der Waals surface area contributed by atoms with E-state index >= 15 is 0 Å². The number of rotatable bonds is 0. The molecular weight excluding hydrogens is 244 g/mol. The van der Waals surface area contributed by atoms with Crippen molar-refractivity contribution in [3.8, 4) is 0 Å². The molecule has 0 heterocycles. The normalized spacial score (nSPS) is 55.0. The summed E-state index contributed by atoms with van der Waals surface area (Å²) in [6.45, 7) is 5.14. The van der Waals surface area contributed by atoms with Crippen molar-refractivity contribution in [2.75, 3.05) is 0 Å². The molecule has 6 atom stereocenters. The first-order chi connectivity index (χ1) is 9.53. The summed E-state index contributed by atoms with van der Waals surface area (Å²) in [4.78, 5) is 11.9. The third kappa shape index (κ3) is 1.70. The van der Waals surface area contributed by atoms with Gasteiger partial charge in [-0.2, -0.15) is 0 Å². The maximum Gasteiger partial charge on any atom is 0.133 e. The van der Waals surface area contributed by atoms with Crippen LogP contribution in [0.25, 0.3) is 0 Å². The van der Waals surface area contributed by atoms with Gasteiger partial charge in [-0.05, 0) is 79.4 Å². The van der Waals surface area contributed by atoms with Gasteiger partial charge in [-0.15, -0.1) is 0 Å². The second-order valence-corrected chi connectivity index (χ2v) is 8.98. The Balaban J connectivity index is 1.64. The summed E-state index contributed by atoms with van der Waals surface area (Å²) < 4.78 is 0. The van der Waals surface area contributed by atoms with Crippen LogP contribution in [-0.2, 0) is 4.79 Å². The third-order valence-electron chi connectivity index (χ3n) is 8.26. The smallest absolute Gasteiger partial charge is 0.133 e. The van der Waals surface area contributed by atoms with E-state index in [1.54, 1.807) is 0 Å². The Kier molecular flexibility index (Phi) is 2.89. The molecule has 0 aromatic rings. The van der Waals surface area contributed by atoms with Gasteiger partial charge in [-0.3, -0.25) is 4.79 Å². The lowest BCUT2D eigenvalue weighted by molar-refractivity contribution is -0.137. The quantitative estimate of drug-likeness (QED) is 0.608. The molecule has 3 unspecified atom stereocenters. The Morgan fingerprint density at radius 1 is 0.950 bits per heavy atom. The van der Waals surface area contributed by atoms with Crippen LogP contribution in [0.5, 0.6) is 0 Å². The molecule has 0 spiro atoms. The SMILES string of the molecule is C[C@@]12CCCC1C1CC[C@@H]3CC(=O)CC[C@]3(C)C1CC2. The minimum atomic E-state index is 0.501. The monoisotopic (exact) mass is 274 g/mol. The van der Waals surface area contributed by atoms with E-state index in [0.29, 0.717) is 16.6 Å². The van der Waals surface area contributed by atoms with E-state index in [1.165, 1.54) is 51.4 Å². The second kappa shape index (κ2) is 4.34. The van der Waals surface area contributed by atoms with Crippen LogP contribution in [0.2, 0.25) is 0 Å². The number of carbonyl (C=O) groups is 1. The predicted octanol–water partition coefficient (Wildman–Crippen LogP) is 4.99. The summed E-state index contributed by atoms with van der Waals surface area (Å²) in [5, 5.41) is 0. The molecule has 4 aliphatic carbocycles. The topological polar surface area (TPSA) is 17.1 Å². The van der Waals surface area contributed by atoms with Crippen molar-refractivity contribution < 1.29 is 4.79 Å². The zero-order valence-corrected chi connectivity index (χ0v) is 13.3. The minimum absolute atomic E-state index is 0.501. The molecule has 0 aromatic carbocycles. The van der Waals surface area contributed by atoms with E-state index in [4.69, 9.17) is 0 Å². The van der Waals surface area contributed by atoms with Gasteiger partial charge in [0.15, 0.2) is 0 Å². The molecular formula is C19H30O. The minimum Gasteiger partial charge on any atom is -0.300 e. The molecule has 0 saturated heterocycles. The van der Waals surface area contributed by atoms with Crippen molar-refractivity contribution in [1.82, 2.24) is 0 Å². The lowest BCUT2D eigenvalue weighted by atomic mass is 9.45. The van der Waals surface area contributed by atoms with E-state index in [9.17, 15) is 4.79 Å². The van der Waals surface area contributed by atoms with Crippen molar-refractivity contribution >= 4 is 5.78 Å². The number of fused-ring (bicyclic) bond motifs is 5. The highest BCUT2D eigenvalue weighted by Gasteiger charge is 2.57. The second-order valence-electron chi connectivity index (χ2n) is 8.98. The van der Waals surface area contributed by atoms with E-state index < -0.39 is 0 Å². The molecule has 1 heteroatoms. The molecule has 0 bridgehead atoms. The lowest BCUT2D eigenvalue weighted by Crippen LogP contribution is -2.52. The van der Waals surface area contributed by atoms with Gasteiger partial charge in [-0.25, -0.2) is 0 Å². The van der Waals surface area contributed by atoms with E-state index in [-0.39, 0.29) is 0 Å². The van der Waals surface area contributed by atoms with E-state index in [1.807, 2.05) is 0 Å². The standard InChI is InChI=1S/C19H30O/c1-18-9-3-4-16(18)15-6-5-13-12-14(20)7-11-19(13,2)17(15)8-10-18/h13,15-17H,3-12H2,1-2H3/t13-,15?,16?,17?,18+,19+/m1/s1. The predicted molar refractivity (Wildman–Crippen MR) is 81.4 cm³/mol. The van der Waals surface area contributed by atoms with Crippen LogP contribution in [0, 0.1) is 34.5 Å². The molecule has 0 aromatic heterocycles. The number of Topliss-reactive ketones (excluding diaryl/α,β-unsaturated/α-hetero) is 1. The fourth-order valence-corrected chi connectivity index (χ4v) is 7.04.